The van der Waals surface area contributed by atoms with Gasteiger partial charge in [0.1, 0.15) is 0 Å². The maximum atomic E-state index is 11.9. The molecule has 12 nitrogen and oxygen atoms in total. The van der Waals surface area contributed by atoms with Crippen LogP contribution in [0.1, 0.15) is 62.1 Å². The van der Waals surface area contributed by atoms with E-state index in [0.29, 0.717) is 0 Å². The summed E-state index contributed by atoms with van der Waals surface area (Å²) in [5, 5.41) is 58.3. The van der Waals surface area contributed by atoms with Crippen LogP contribution in [-0.4, -0.2) is 66.5 Å². The Morgan fingerprint density at radius 2 is 0.444 bits per heavy atom. The Balaban J connectivity index is 2.16. The van der Waals surface area contributed by atoms with Crippen molar-refractivity contribution in [3.8, 4) is 33.4 Å². The van der Waals surface area contributed by atoms with Gasteiger partial charge in [-0.1, -0.05) is 0 Å². The van der Waals surface area contributed by atoms with E-state index >= 15 is 0 Å². The molecule has 4 rings (SSSR count). The van der Waals surface area contributed by atoms with Gasteiger partial charge in [0.05, 0.1) is 33.4 Å². The Bertz CT molecular complexity index is 1670. The Morgan fingerprint density at radius 3 is 0.578 bits per heavy atom. The lowest BCUT2D eigenvalue weighted by atomic mass is 9.90. The fourth-order valence-corrected chi connectivity index (χ4v) is 5.47. The molecule has 0 bridgehead atoms. The third-order valence-electron chi connectivity index (χ3n) is 6.65. The average Bonchev–Trinajstić information content (AvgIpc) is 2.96. The molecule has 0 radical (unpaired) electrons. The van der Waals surface area contributed by atoms with Crippen molar-refractivity contribution < 1.29 is 59.4 Å². The molecule has 0 aliphatic heterocycles. The zero-order chi connectivity index (χ0) is 33.5. The molecule has 15 heteroatoms. The van der Waals surface area contributed by atoms with Crippen LogP contribution in [0.5, 0.6) is 0 Å². The van der Waals surface area contributed by atoms with Gasteiger partial charge in [0.2, 0.25) is 0 Å². The van der Waals surface area contributed by atoms with Crippen LogP contribution in [0, 0.1) is 0 Å². The zero-order valence-corrected chi connectivity index (χ0v) is 24.9. The van der Waals surface area contributed by atoms with Crippen LogP contribution >= 0.6 is 37.9 Å². The van der Waals surface area contributed by atoms with Crippen LogP contribution in [-0.2, 0) is 0 Å². The Kier molecular flexibility index (Phi) is 8.99. The number of aromatic carboxylic acids is 6. The molecule has 45 heavy (non-hydrogen) atoms. The molecular formula is C30H18O12S3. The SMILES string of the molecule is O=C(O)c1cc(-c2cc(-c3cc(C(=O)O)c(S)c(C(=O)O)c3)cc(-c3cc(C(=O)O)c(S)c(C(=O)O)c3)c2)cc(C(=O)O)c1S. The monoisotopic (exact) mass is 666 g/mol. The summed E-state index contributed by atoms with van der Waals surface area (Å²) in [6.07, 6.45) is 0. The van der Waals surface area contributed by atoms with Crippen LogP contribution in [0.4, 0.5) is 0 Å². The van der Waals surface area contributed by atoms with Gasteiger partial charge < -0.3 is 30.6 Å². The van der Waals surface area contributed by atoms with E-state index in [2.05, 4.69) is 37.9 Å². The van der Waals surface area contributed by atoms with Crippen molar-refractivity contribution in [3.05, 3.63) is 88.0 Å². The van der Waals surface area contributed by atoms with Gasteiger partial charge in [-0.05, 0) is 88.0 Å². The quantitative estimate of drug-likeness (QED) is 0.0975. The minimum Gasteiger partial charge on any atom is -0.478 e. The summed E-state index contributed by atoms with van der Waals surface area (Å²) >= 11 is 12.1. The minimum absolute atomic E-state index is 0.0242. The van der Waals surface area contributed by atoms with E-state index in [1.165, 1.54) is 18.2 Å². The van der Waals surface area contributed by atoms with E-state index in [1.807, 2.05) is 0 Å². The molecule has 0 heterocycles. The van der Waals surface area contributed by atoms with Crippen LogP contribution in [0.25, 0.3) is 33.4 Å². The summed E-state index contributed by atoms with van der Waals surface area (Å²) in [6.45, 7) is 0. The number of carboxylic acid groups (broad SMARTS) is 6. The standard InChI is InChI=1S/C30H18O12S3/c31-25(32)16-4-13(5-17(22(16)43)26(33)34)10-1-11(14-6-18(27(35)36)23(44)19(7-14)28(37)38)3-12(2-10)15-8-20(29(39)40)24(45)21(9-15)30(41)42/h1-9,43-45H,(H,31,32)(H,33,34)(H,35,36)(H,37,38)(H,39,40)(H,41,42). The first-order valence-corrected chi connectivity index (χ1v) is 13.5. The van der Waals surface area contributed by atoms with E-state index in [-0.39, 0.29) is 48.1 Å². The third-order valence-corrected chi connectivity index (χ3v) is 8.09. The third kappa shape index (κ3) is 6.35. The Hall–Kier alpha value is -5.25. The van der Waals surface area contributed by atoms with Crippen molar-refractivity contribution in [1.82, 2.24) is 0 Å². The molecule has 6 N–H and O–H groups in total. The topological polar surface area (TPSA) is 224 Å². The van der Waals surface area contributed by atoms with Gasteiger partial charge in [-0.3, -0.25) is 0 Å². The van der Waals surface area contributed by atoms with Crippen LogP contribution in [0.2, 0.25) is 0 Å². The number of hydrogen-bond donors (Lipinski definition) is 9. The molecule has 0 saturated carbocycles. The van der Waals surface area contributed by atoms with Gasteiger partial charge >= 0.3 is 35.8 Å². The second-order valence-corrected chi connectivity index (χ2v) is 10.7. The molecule has 4 aromatic rings. The van der Waals surface area contributed by atoms with Gasteiger partial charge in [-0.15, -0.1) is 37.9 Å². The fraction of sp³-hybridized carbons (Fsp3) is 0. The van der Waals surface area contributed by atoms with E-state index in [9.17, 15) is 59.4 Å². The molecule has 0 aromatic heterocycles. The van der Waals surface area contributed by atoms with Gasteiger partial charge in [0, 0.05) is 14.7 Å². The molecule has 0 aliphatic rings. The van der Waals surface area contributed by atoms with Crippen molar-refractivity contribution in [1.29, 1.82) is 0 Å². The number of thiol groups is 3. The summed E-state index contributed by atoms with van der Waals surface area (Å²) in [4.78, 5) is 70.7. The van der Waals surface area contributed by atoms with E-state index in [4.69, 9.17) is 0 Å². The van der Waals surface area contributed by atoms with E-state index in [0.717, 1.165) is 36.4 Å². The van der Waals surface area contributed by atoms with Crippen LogP contribution in [0.15, 0.2) is 69.3 Å². The van der Waals surface area contributed by atoms with Crippen molar-refractivity contribution in [3.63, 3.8) is 0 Å². The van der Waals surface area contributed by atoms with Crippen LogP contribution < -0.4 is 0 Å². The summed E-state index contributed by atoms with van der Waals surface area (Å²) < 4.78 is 0. The van der Waals surface area contributed by atoms with Crippen molar-refractivity contribution in [2.75, 3.05) is 0 Å². The highest BCUT2D eigenvalue weighted by atomic mass is 32.1. The molecule has 0 unspecified atom stereocenters. The highest BCUT2D eigenvalue weighted by molar-refractivity contribution is 7.80. The summed E-state index contributed by atoms with van der Waals surface area (Å²) in [5.74, 6) is -8.98. The minimum atomic E-state index is -1.50. The van der Waals surface area contributed by atoms with Crippen molar-refractivity contribution in [2.45, 2.75) is 14.7 Å². The van der Waals surface area contributed by atoms with Gasteiger partial charge in [-0.25, -0.2) is 28.8 Å². The summed E-state index contributed by atoms with van der Waals surface area (Å²) in [6, 6.07) is 10.9. The first kappa shape index (κ1) is 32.7. The molecule has 0 fully saturated rings. The highest BCUT2D eigenvalue weighted by Crippen LogP contribution is 2.38. The number of rotatable bonds is 9. The fourth-order valence-electron chi connectivity index (χ4n) is 4.51. The maximum absolute atomic E-state index is 11.9. The zero-order valence-electron chi connectivity index (χ0n) is 22.2. The highest BCUT2D eigenvalue weighted by Gasteiger charge is 2.23. The van der Waals surface area contributed by atoms with Crippen molar-refractivity contribution >= 4 is 73.7 Å². The second-order valence-electron chi connectivity index (χ2n) is 9.39. The molecule has 0 amide bonds. The van der Waals surface area contributed by atoms with Gasteiger partial charge in [-0.2, -0.15) is 0 Å². The average molecular weight is 667 g/mol. The predicted molar refractivity (Wildman–Crippen MR) is 166 cm³/mol. The van der Waals surface area contributed by atoms with Gasteiger partial charge in [0.25, 0.3) is 0 Å². The smallest absolute Gasteiger partial charge is 0.336 e. The first-order valence-electron chi connectivity index (χ1n) is 12.2. The number of hydrogen-bond acceptors (Lipinski definition) is 9. The molecule has 0 aliphatic carbocycles. The van der Waals surface area contributed by atoms with Crippen LogP contribution in [0.3, 0.4) is 0 Å². The normalized spacial score (nSPS) is 10.7. The maximum Gasteiger partial charge on any atom is 0.336 e. The molecule has 4 aromatic carbocycles. The largest absolute Gasteiger partial charge is 0.478 e. The van der Waals surface area contributed by atoms with Crippen molar-refractivity contribution in [2.24, 2.45) is 0 Å². The Labute approximate surface area is 268 Å². The molecule has 228 valence electrons. The molecular weight excluding hydrogens is 649 g/mol. The predicted octanol–water partition coefficient (Wildman–Crippen LogP) is 5.74. The lowest BCUT2D eigenvalue weighted by molar-refractivity contribution is 0.0669. The number of carboxylic acids is 6. The Morgan fingerprint density at radius 1 is 0.311 bits per heavy atom. The number of benzene rings is 4. The molecule has 0 atom stereocenters. The number of carbonyl (C=O) groups is 6. The summed E-state index contributed by atoms with van der Waals surface area (Å²) in [7, 11) is 0. The first-order chi connectivity index (χ1) is 21.0. The van der Waals surface area contributed by atoms with E-state index in [1.54, 1.807) is 0 Å². The molecule has 0 saturated heterocycles. The molecule has 0 spiro atoms. The van der Waals surface area contributed by atoms with Gasteiger partial charge in [0.15, 0.2) is 0 Å². The lowest BCUT2D eigenvalue weighted by Crippen LogP contribution is -2.07. The van der Waals surface area contributed by atoms with E-state index < -0.39 is 69.2 Å². The lowest BCUT2D eigenvalue weighted by Gasteiger charge is -2.16. The second kappa shape index (κ2) is 12.4. The summed E-state index contributed by atoms with van der Waals surface area (Å²) in [5.41, 5.74) is -2.40.